The summed E-state index contributed by atoms with van der Waals surface area (Å²) in [6.45, 7) is 0.245. The number of nitrogens with two attached hydrogens (primary N) is 1. The van der Waals surface area contributed by atoms with Crippen LogP contribution in [-0.2, 0) is 9.59 Å². The number of para-hydroxylation sites is 1. The summed E-state index contributed by atoms with van der Waals surface area (Å²) in [5, 5.41) is 5.24. The van der Waals surface area contributed by atoms with Gasteiger partial charge in [0.25, 0.3) is 0 Å². The Morgan fingerprint density at radius 1 is 1.12 bits per heavy atom. The number of halogens is 1. The van der Waals surface area contributed by atoms with E-state index in [0.29, 0.717) is 6.54 Å². The van der Waals surface area contributed by atoms with E-state index in [1.807, 2.05) is 18.2 Å². The lowest BCUT2D eigenvalue weighted by Gasteiger charge is -2.05. The number of carbonyl (C=O) groups is 2. The van der Waals surface area contributed by atoms with Crippen molar-refractivity contribution in [2.45, 2.75) is 6.42 Å². The van der Waals surface area contributed by atoms with Crippen molar-refractivity contribution in [3.05, 3.63) is 30.3 Å². The van der Waals surface area contributed by atoms with Crippen LogP contribution in [0.3, 0.4) is 0 Å². The molecule has 0 aliphatic carbocycles. The van der Waals surface area contributed by atoms with Gasteiger partial charge in [-0.25, -0.2) is 0 Å². The zero-order valence-electron chi connectivity index (χ0n) is 9.31. The van der Waals surface area contributed by atoms with Gasteiger partial charge in [-0.05, 0) is 12.1 Å². The van der Waals surface area contributed by atoms with E-state index in [1.165, 1.54) is 0 Å². The van der Waals surface area contributed by atoms with E-state index in [9.17, 15) is 9.59 Å². The molecule has 6 heteroatoms. The standard InChI is InChI=1S/C11H15N3O2.ClH/c12-8-11(16)13-7-6-10(15)14-9-4-2-1-3-5-9;/h1-5H,6-8,12H2,(H,13,16)(H,14,15);1H. The summed E-state index contributed by atoms with van der Waals surface area (Å²) in [6, 6.07) is 9.15. The molecule has 0 aliphatic heterocycles. The minimum Gasteiger partial charge on any atom is -0.354 e. The number of hydrogen-bond donors (Lipinski definition) is 3. The summed E-state index contributed by atoms with van der Waals surface area (Å²) < 4.78 is 0. The van der Waals surface area contributed by atoms with Gasteiger partial charge in [-0.3, -0.25) is 9.59 Å². The second-order valence-corrected chi connectivity index (χ2v) is 3.22. The smallest absolute Gasteiger partial charge is 0.233 e. The van der Waals surface area contributed by atoms with E-state index >= 15 is 0 Å². The number of anilines is 1. The lowest BCUT2D eigenvalue weighted by atomic mass is 10.3. The molecule has 0 fully saturated rings. The Kier molecular flexibility index (Phi) is 7.75. The van der Waals surface area contributed by atoms with Gasteiger partial charge in [-0.1, -0.05) is 18.2 Å². The molecule has 1 rings (SSSR count). The van der Waals surface area contributed by atoms with E-state index in [4.69, 9.17) is 5.73 Å². The molecule has 0 unspecified atom stereocenters. The monoisotopic (exact) mass is 257 g/mol. The van der Waals surface area contributed by atoms with E-state index < -0.39 is 0 Å². The van der Waals surface area contributed by atoms with Crippen molar-refractivity contribution in [2.24, 2.45) is 5.73 Å². The van der Waals surface area contributed by atoms with Crippen LogP contribution in [0.15, 0.2) is 30.3 Å². The average molecular weight is 258 g/mol. The molecule has 0 aliphatic rings. The van der Waals surface area contributed by atoms with Gasteiger partial charge in [0.2, 0.25) is 11.8 Å². The molecule has 0 atom stereocenters. The van der Waals surface area contributed by atoms with Crippen LogP contribution in [0.5, 0.6) is 0 Å². The molecule has 5 nitrogen and oxygen atoms in total. The van der Waals surface area contributed by atoms with E-state index in [-0.39, 0.29) is 37.2 Å². The number of hydrogen-bond acceptors (Lipinski definition) is 3. The fourth-order valence-electron chi connectivity index (χ4n) is 1.13. The van der Waals surface area contributed by atoms with Gasteiger partial charge in [0.1, 0.15) is 0 Å². The maximum absolute atomic E-state index is 11.4. The van der Waals surface area contributed by atoms with Crippen LogP contribution in [0, 0.1) is 0 Å². The summed E-state index contributed by atoms with van der Waals surface area (Å²) in [5.74, 6) is -0.393. The number of nitrogens with one attached hydrogen (secondary N) is 2. The third-order valence-corrected chi connectivity index (χ3v) is 1.92. The molecule has 4 N–H and O–H groups in total. The Hall–Kier alpha value is -1.59. The minimum atomic E-state index is -0.257. The second-order valence-electron chi connectivity index (χ2n) is 3.22. The molecule has 0 spiro atoms. The van der Waals surface area contributed by atoms with Crippen molar-refractivity contribution in [1.29, 1.82) is 0 Å². The zero-order chi connectivity index (χ0) is 11.8. The molecule has 0 radical (unpaired) electrons. The fraction of sp³-hybridized carbons (Fsp3) is 0.273. The summed E-state index contributed by atoms with van der Waals surface area (Å²) >= 11 is 0. The van der Waals surface area contributed by atoms with Gasteiger partial charge >= 0.3 is 0 Å². The largest absolute Gasteiger partial charge is 0.354 e. The third kappa shape index (κ3) is 6.55. The molecular formula is C11H16ClN3O2. The van der Waals surface area contributed by atoms with Gasteiger partial charge in [0, 0.05) is 18.7 Å². The lowest BCUT2D eigenvalue weighted by molar-refractivity contribution is -0.120. The molecule has 94 valence electrons. The summed E-state index contributed by atoms with van der Waals surface area (Å²) in [6.07, 6.45) is 0.237. The van der Waals surface area contributed by atoms with Gasteiger partial charge < -0.3 is 16.4 Å². The highest BCUT2D eigenvalue weighted by molar-refractivity contribution is 5.91. The number of rotatable bonds is 5. The first-order valence-corrected chi connectivity index (χ1v) is 5.04. The second kappa shape index (κ2) is 8.55. The number of amides is 2. The van der Waals surface area contributed by atoms with Crippen molar-refractivity contribution in [2.75, 3.05) is 18.4 Å². The predicted octanol–water partition coefficient (Wildman–Crippen LogP) is 0.512. The van der Waals surface area contributed by atoms with E-state index in [1.54, 1.807) is 12.1 Å². The SMILES string of the molecule is Cl.NCC(=O)NCCC(=O)Nc1ccccc1. The predicted molar refractivity (Wildman–Crippen MR) is 69.0 cm³/mol. The minimum absolute atomic E-state index is 0. The number of benzene rings is 1. The first-order chi connectivity index (χ1) is 7.72. The summed E-state index contributed by atoms with van der Waals surface area (Å²) in [4.78, 5) is 22.2. The van der Waals surface area contributed by atoms with E-state index in [0.717, 1.165) is 5.69 Å². The first kappa shape index (κ1) is 15.4. The van der Waals surface area contributed by atoms with Crippen molar-refractivity contribution >= 4 is 29.9 Å². The molecule has 0 bridgehead atoms. The Labute approximate surface area is 106 Å². The van der Waals surface area contributed by atoms with Gasteiger partial charge in [-0.2, -0.15) is 0 Å². The Morgan fingerprint density at radius 2 is 1.76 bits per heavy atom. The molecule has 0 saturated carbocycles. The Balaban J connectivity index is 0.00000256. The highest BCUT2D eigenvalue weighted by Crippen LogP contribution is 2.04. The van der Waals surface area contributed by atoms with E-state index in [2.05, 4.69) is 10.6 Å². The van der Waals surface area contributed by atoms with Crippen LogP contribution in [0.2, 0.25) is 0 Å². The molecule has 2 amide bonds. The lowest BCUT2D eigenvalue weighted by Crippen LogP contribution is -2.32. The van der Waals surface area contributed by atoms with Gasteiger partial charge in [-0.15, -0.1) is 12.4 Å². The van der Waals surface area contributed by atoms with Crippen molar-refractivity contribution < 1.29 is 9.59 Å². The van der Waals surface area contributed by atoms with Crippen molar-refractivity contribution in [1.82, 2.24) is 5.32 Å². The molecule has 1 aromatic rings. The van der Waals surface area contributed by atoms with Gasteiger partial charge in [0.15, 0.2) is 0 Å². The fourth-order valence-corrected chi connectivity index (χ4v) is 1.13. The molecule has 0 heterocycles. The van der Waals surface area contributed by atoms with Crippen molar-refractivity contribution in [3.8, 4) is 0 Å². The summed E-state index contributed by atoms with van der Waals surface area (Å²) in [7, 11) is 0. The molecule has 1 aromatic carbocycles. The van der Waals surface area contributed by atoms with Crippen LogP contribution >= 0.6 is 12.4 Å². The Morgan fingerprint density at radius 3 is 2.35 bits per heavy atom. The third-order valence-electron chi connectivity index (χ3n) is 1.92. The normalized spacial score (nSPS) is 9.00. The Bertz CT molecular complexity index is 357. The topological polar surface area (TPSA) is 84.2 Å². The maximum atomic E-state index is 11.4. The highest BCUT2D eigenvalue weighted by atomic mass is 35.5. The molecule has 0 aromatic heterocycles. The van der Waals surface area contributed by atoms with Crippen LogP contribution in [0.1, 0.15) is 6.42 Å². The average Bonchev–Trinajstić information content (AvgIpc) is 2.30. The molecule has 17 heavy (non-hydrogen) atoms. The first-order valence-electron chi connectivity index (χ1n) is 5.04. The van der Waals surface area contributed by atoms with Gasteiger partial charge in [0.05, 0.1) is 6.54 Å². The number of carbonyl (C=O) groups excluding carboxylic acids is 2. The van der Waals surface area contributed by atoms with Crippen molar-refractivity contribution in [3.63, 3.8) is 0 Å². The van der Waals surface area contributed by atoms with Crippen LogP contribution in [-0.4, -0.2) is 24.9 Å². The van der Waals surface area contributed by atoms with Crippen LogP contribution in [0.4, 0.5) is 5.69 Å². The highest BCUT2D eigenvalue weighted by Gasteiger charge is 2.02. The molecular weight excluding hydrogens is 242 g/mol. The zero-order valence-corrected chi connectivity index (χ0v) is 10.1. The summed E-state index contributed by atoms with van der Waals surface area (Å²) in [5.41, 5.74) is 5.85. The van der Waals surface area contributed by atoms with Crippen LogP contribution in [0.25, 0.3) is 0 Å². The van der Waals surface area contributed by atoms with Crippen LogP contribution < -0.4 is 16.4 Å². The molecule has 0 saturated heterocycles. The quantitative estimate of drug-likeness (QED) is 0.719. The maximum Gasteiger partial charge on any atom is 0.233 e.